The molecule has 0 bridgehead atoms. The van der Waals surface area contributed by atoms with E-state index < -0.39 is 22.0 Å². The molecule has 226 valence electrons. The lowest BCUT2D eigenvalue weighted by Crippen LogP contribution is -2.48. The Morgan fingerprint density at radius 1 is 1.22 bits per heavy atom. The van der Waals surface area contributed by atoms with Crippen molar-refractivity contribution < 1.29 is 32.6 Å². The molecule has 2 heterocycles. The maximum atomic E-state index is 14.0. The van der Waals surface area contributed by atoms with Gasteiger partial charge in [0.2, 0.25) is 10.0 Å². The fraction of sp³-hybridized carbons (Fsp3) is 0.552. The van der Waals surface area contributed by atoms with Crippen molar-refractivity contribution in [1.29, 1.82) is 0 Å². The molecule has 0 radical (unpaired) electrons. The first-order valence-corrected chi connectivity index (χ1v) is 15.8. The highest BCUT2D eigenvalue weighted by Crippen LogP contribution is 2.29. The number of ether oxygens (including phenoxy) is 2. The second kappa shape index (κ2) is 14.6. The third kappa shape index (κ3) is 9.40. The molecule has 2 amide bonds. The van der Waals surface area contributed by atoms with E-state index in [-0.39, 0.29) is 48.4 Å². The van der Waals surface area contributed by atoms with E-state index in [0.29, 0.717) is 24.5 Å². The summed E-state index contributed by atoms with van der Waals surface area (Å²) < 4.78 is 38.7. The number of rotatable bonds is 7. The number of carbonyl (C=O) groups excluding carboxylic acids is 2. The molecule has 0 saturated carbocycles. The minimum atomic E-state index is -3.58. The van der Waals surface area contributed by atoms with Crippen LogP contribution >= 0.6 is 0 Å². The van der Waals surface area contributed by atoms with Gasteiger partial charge in [-0.25, -0.2) is 8.42 Å². The molecule has 11 nitrogen and oxygen atoms in total. The maximum absolute atomic E-state index is 14.0. The number of fused-ring (bicyclic) bond motifs is 1. The summed E-state index contributed by atoms with van der Waals surface area (Å²) in [6.07, 6.45) is 5.93. The second-order valence-electron chi connectivity index (χ2n) is 10.8. The summed E-state index contributed by atoms with van der Waals surface area (Å²) in [6.45, 7) is 6.34. The van der Waals surface area contributed by atoms with E-state index in [1.807, 2.05) is 13.8 Å². The van der Waals surface area contributed by atoms with Gasteiger partial charge in [-0.05, 0) is 63.4 Å². The number of hydrogen-bond acceptors (Lipinski definition) is 8. The van der Waals surface area contributed by atoms with Crippen LogP contribution in [0.15, 0.2) is 42.7 Å². The maximum Gasteiger partial charge on any atom is 0.258 e. The van der Waals surface area contributed by atoms with Crippen LogP contribution in [0.4, 0.5) is 5.69 Å². The number of nitrogens with zero attached hydrogens (tertiary/aromatic N) is 3. The molecule has 1 aliphatic heterocycles. The normalized spacial score (nSPS) is 21.7. The Bertz CT molecular complexity index is 1280. The monoisotopic (exact) mass is 590 g/mol. The average molecular weight is 591 g/mol. The zero-order valence-electron chi connectivity index (χ0n) is 24.4. The molecule has 0 spiro atoms. The zero-order chi connectivity index (χ0) is 30.2. The number of aliphatic hydroxyl groups excluding tert-OH is 1. The fourth-order valence-electron chi connectivity index (χ4n) is 4.73. The Hall–Kier alpha value is -3.22. The van der Waals surface area contributed by atoms with Crippen LogP contribution in [0.1, 0.15) is 60.7 Å². The van der Waals surface area contributed by atoms with E-state index in [1.165, 1.54) is 6.07 Å². The van der Waals surface area contributed by atoms with Gasteiger partial charge in [0.15, 0.2) is 0 Å². The molecule has 4 atom stereocenters. The van der Waals surface area contributed by atoms with Crippen LogP contribution in [-0.4, -0.2) is 98.0 Å². The largest absolute Gasteiger partial charge is 0.490 e. The number of hydrogen-bond donors (Lipinski definition) is 2. The summed E-state index contributed by atoms with van der Waals surface area (Å²) in [5.41, 5.74) is 0.947. The molecule has 2 N–H and O–H groups in total. The van der Waals surface area contributed by atoms with Crippen LogP contribution in [0.25, 0.3) is 0 Å². The summed E-state index contributed by atoms with van der Waals surface area (Å²) in [4.78, 5) is 34.2. The number of aliphatic hydroxyl groups is 1. The molecule has 0 aliphatic carbocycles. The first-order valence-electron chi connectivity index (χ1n) is 13.9. The molecule has 0 unspecified atom stereocenters. The quantitative estimate of drug-likeness (QED) is 0.502. The highest BCUT2D eigenvalue weighted by Gasteiger charge is 2.31. The van der Waals surface area contributed by atoms with Crippen molar-refractivity contribution in [2.45, 2.75) is 58.3 Å². The third-order valence-corrected chi connectivity index (χ3v) is 7.69. The lowest BCUT2D eigenvalue weighted by atomic mass is 10.0. The van der Waals surface area contributed by atoms with Crippen LogP contribution in [0.5, 0.6) is 5.75 Å². The van der Waals surface area contributed by atoms with Gasteiger partial charge in [0, 0.05) is 56.3 Å². The molecule has 0 saturated heterocycles. The van der Waals surface area contributed by atoms with Gasteiger partial charge >= 0.3 is 0 Å². The van der Waals surface area contributed by atoms with E-state index in [9.17, 15) is 23.1 Å². The van der Waals surface area contributed by atoms with Crippen molar-refractivity contribution in [3.05, 3.63) is 53.9 Å². The van der Waals surface area contributed by atoms with Crippen LogP contribution < -0.4 is 9.46 Å². The van der Waals surface area contributed by atoms with E-state index in [4.69, 9.17) is 9.47 Å². The fourth-order valence-corrected chi connectivity index (χ4v) is 5.29. The Balaban J connectivity index is 1.95. The number of carbonyl (C=O) groups is 2. The molecule has 41 heavy (non-hydrogen) atoms. The van der Waals surface area contributed by atoms with E-state index in [0.717, 1.165) is 25.5 Å². The van der Waals surface area contributed by atoms with Gasteiger partial charge < -0.3 is 24.4 Å². The molecule has 1 aliphatic rings. The Morgan fingerprint density at radius 2 is 1.93 bits per heavy atom. The number of sulfonamides is 1. The second-order valence-corrected chi connectivity index (χ2v) is 12.6. The van der Waals surface area contributed by atoms with E-state index in [1.54, 1.807) is 60.4 Å². The van der Waals surface area contributed by atoms with Gasteiger partial charge in [-0.1, -0.05) is 6.92 Å². The van der Waals surface area contributed by atoms with Gasteiger partial charge in [-0.3, -0.25) is 19.3 Å². The highest BCUT2D eigenvalue weighted by atomic mass is 32.2. The molecule has 1 aromatic carbocycles. The first kappa shape index (κ1) is 32.3. The van der Waals surface area contributed by atoms with Crippen LogP contribution in [0, 0.1) is 5.92 Å². The predicted octanol–water partition coefficient (Wildman–Crippen LogP) is 3.02. The molecule has 12 heteroatoms. The smallest absolute Gasteiger partial charge is 0.258 e. The number of amides is 2. The molecule has 3 rings (SSSR count). The van der Waals surface area contributed by atoms with Crippen molar-refractivity contribution in [1.82, 2.24) is 14.8 Å². The summed E-state index contributed by atoms with van der Waals surface area (Å²) in [5, 5.41) is 10.1. The van der Waals surface area contributed by atoms with Crippen molar-refractivity contribution in [3.8, 4) is 5.75 Å². The summed E-state index contributed by atoms with van der Waals surface area (Å²) in [6, 6.07) is 7.40. The molecule has 0 fully saturated rings. The summed E-state index contributed by atoms with van der Waals surface area (Å²) in [5.74, 6) is -0.444. The SMILES string of the molecule is C[C@@H]1CCCCO[C@@H](CN(C)C(=O)c2ccncc2)[C@@H](C)CN([C@H](C)CO)C(=O)c2cc(NS(C)(=O)=O)ccc2O1. The van der Waals surface area contributed by atoms with Crippen LogP contribution in [-0.2, 0) is 14.8 Å². The third-order valence-electron chi connectivity index (χ3n) is 7.08. The van der Waals surface area contributed by atoms with Gasteiger partial charge in [0.25, 0.3) is 11.8 Å². The molecular weight excluding hydrogens is 548 g/mol. The van der Waals surface area contributed by atoms with E-state index in [2.05, 4.69) is 9.71 Å². The van der Waals surface area contributed by atoms with Crippen molar-refractivity contribution >= 4 is 27.5 Å². The highest BCUT2D eigenvalue weighted by molar-refractivity contribution is 7.92. The van der Waals surface area contributed by atoms with Gasteiger partial charge in [0.1, 0.15) is 5.75 Å². The number of nitrogens with one attached hydrogen (secondary N) is 1. The number of benzene rings is 1. The molecule has 2 aromatic rings. The van der Waals surface area contributed by atoms with Crippen molar-refractivity contribution in [2.75, 3.05) is 44.3 Å². The van der Waals surface area contributed by atoms with Gasteiger partial charge in [-0.15, -0.1) is 0 Å². The predicted molar refractivity (Wildman–Crippen MR) is 157 cm³/mol. The van der Waals surface area contributed by atoms with Crippen molar-refractivity contribution in [2.24, 2.45) is 5.92 Å². The lowest BCUT2D eigenvalue weighted by molar-refractivity contribution is -0.0149. The van der Waals surface area contributed by atoms with Gasteiger partial charge in [-0.2, -0.15) is 0 Å². The Kier molecular flexibility index (Phi) is 11.5. The first-order chi connectivity index (χ1) is 19.4. The van der Waals surface area contributed by atoms with Crippen LogP contribution in [0.3, 0.4) is 0 Å². The summed E-state index contributed by atoms with van der Waals surface area (Å²) >= 11 is 0. The number of aromatic nitrogens is 1. The molecular formula is C29H42N4O7S. The van der Waals surface area contributed by atoms with E-state index >= 15 is 0 Å². The minimum absolute atomic E-state index is 0.162. The van der Waals surface area contributed by atoms with Crippen LogP contribution in [0.2, 0.25) is 0 Å². The topological polar surface area (TPSA) is 138 Å². The standard InChI is InChI=1S/C29H42N4O7S/c1-20-17-33(21(2)19-34)29(36)25-16-24(31-41(5,37)38)9-10-26(25)40-22(3)8-6-7-15-39-27(20)18-32(4)28(35)23-11-13-30-14-12-23/h9-14,16,20-22,27,31,34H,6-8,15,17-19H2,1-5H3/t20-,21+,22+,27-/m0/s1. The Labute approximate surface area is 242 Å². The number of pyridine rings is 1. The lowest BCUT2D eigenvalue weighted by Gasteiger charge is -2.36. The van der Waals surface area contributed by atoms with Gasteiger partial charge in [0.05, 0.1) is 36.7 Å². The zero-order valence-corrected chi connectivity index (χ0v) is 25.3. The molecule has 1 aromatic heterocycles. The number of likely N-dealkylation sites (N-methyl/N-ethyl adjacent to an activating group) is 1. The Morgan fingerprint density at radius 3 is 2.59 bits per heavy atom. The number of anilines is 1. The van der Waals surface area contributed by atoms with Crippen molar-refractivity contribution in [3.63, 3.8) is 0 Å². The summed E-state index contributed by atoms with van der Waals surface area (Å²) in [7, 11) is -1.86. The minimum Gasteiger partial charge on any atom is -0.490 e. The average Bonchev–Trinajstić information content (AvgIpc) is 2.93.